The van der Waals surface area contributed by atoms with Crippen LogP contribution in [0, 0.1) is 0 Å². The number of pyridine rings is 1. The van der Waals surface area contributed by atoms with E-state index in [1.165, 1.54) is 27.3 Å². The minimum atomic E-state index is -0.547. The van der Waals surface area contributed by atoms with Crippen LogP contribution in [0.3, 0.4) is 0 Å². The zero-order valence-corrected chi connectivity index (χ0v) is 33.1. The average Bonchev–Trinajstić information content (AvgIpc) is 3.67. The molecule has 1 aliphatic carbocycles. The van der Waals surface area contributed by atoms with Gasteiger partial charge in [-0.15, -0.1) is 22.7 Å². The molecule has 0 atom stereocenters. The zero-order chi connectivity index (χ0) is 37.9. The number of aryl methyl sites for hydroxylation is 2. The molecule has 5 aromatic heterocycles. The Labute approximate surface area is 324 Å². The lowest BCUT2D eigenvalue weighted by molar-refractivity contribution is -0.0623. The fourth-order valence-corrected chi connectivity index (χ4v) is 8.84. The van der Waals surface area contributed by atoms with Crippen molar-refractivity contribution in [1.82, 2.24) is 24.1 Å². The van der Waals surface area contributed by atoms with Crippen LogP contribution >= 0.6 is 22.7 Å². The smallest absolute Gasteiger partial charge is 0.274 e. The maximum atomic E-state index is 13.5. The highest BCUT2D eigenvalue weighted by molar-refractivity contribution is 7.16. The summed E-state index contributed by atoms with van der Waals surface area (Å²) in [6.45, 7) is 11.5. The van der Waals surface area contributed by atoms with Gasteiger partial charge < -0.3 is 13.9 Å². The van der Waals surface area contributed by atoms with Crippen LogP contribution < -0.4 is 10.6 Å². The Morgan fingerprint density at radius 1 is 0.889 bits per heavy atom. The fraction of sp³-hybridized carbons (Fsp3) is 0.357. The number of carbonyl (C=O) groups excluding carboxylic acids is 2. The number of nitrogens with one attached hydrogen (secondary N) is 2. The molecule has 0 saturated heterocycles. The Hall–Kier alpha value is -4.91. The molecule has 0 aliphatic heterocycles. The SMILES string of the molecule is CC(C)OC(C)(C)c1csc(NC(=O)c2cccn2CCCc2ccccc2Cc2sc(NC(=O)c3cccn3Cc3ccncc3)nc2C2(C)CC2)n1. The predicted molar refractivity (Wildman–Crippen MR) is 216 cm³/mol. The molecule has 7 rings (SSSR count). The molecule has 1 aromatic carbocycles. The minimum absolute atomic E-state index is 0.0367. The van der Waals surface area contributed by atoms with Crippen molar-refractivity contribution >= 4 is 44.8 Å². The second-order valence-corrected chi connectivity index (χ2v) is 16.9. The molecule has 54 heavy (non-hydrogen) atoms. The number of nitrogens with zero attached hydrogens (tertiary/aromatic N) is 5. The Bertz CT molecular complexity index is 2230. The molecule has 1 fully saturated rings. The molecule has 280 valence electrons. The molecular formula is C42H47N7O3S2. The molecule has 2 N–H and O–H groups in total. The van der Waals surface area contributed by atoms with E-state index in [-0.39, 0.29) is 23.3 Å². The van der Waals surface area contributed by atoms with Crippen molar-refractivity contribution in [3.8, 4) is 0 Å². The van der Waals surface area contributed by atoms with E-state index in [1.807, 2.05) is 91.0 Å². The number of anilines is 2. The third-order valence-electron chi connectivity index (χ3n) is 9.90. The van der Waals surface area contributed by atoms with Crippen LogP contribution in [0.1, 0.15) is 108 Å². The van der Waals surface area contributed by atoms with Crippen LogP contribution in [0.5, 0.6) is 0 Å². The average molecular weight is 762 g/mol. The second-order valence-electron chi connectivity index (χ2n) is 15.0. The number of carbonyl (C=O) groups is 2. The number of thiazole rings is 2. The van der Waals surface area contributed by atoms with Crippen LogP contribution in [-0.4, -0.2) is 42.0 Å². The molecule has 0 unspecified atom stereocenters. The van der Waals surface area contributed by atoms with Crippen LogP contribution in [-0.2, 0) is 41.7 Å². The molecule has 0 bridgehead atoms. The van der Waals surface area contributed by atoms with E-state index in [4.69, 9.17) is 9.72 Å². The largest absolute Gasteiger partial charge is 0.367 e. The molecule has 1 saturated carbocycles. The van der Waals surface area contributed by atoms with Crippen molar-refractivity contribution in [2.45, 2.75) is 96.9 Å². The van der Waals surface area contributed by atoms with Crippen molar-refractivity contribution in [1.29, 1.82) is 0 Å². The van der Waals surface area contributed by atoms with E-state index < -0.39 is 5.60 Å². The van der Waals surface area contributed by atoms with Gasteiger partial charge in [0.2, 0.25) is 0 Å². The fourth-order valence-electron chi connectivity index (χ4n) is 6.85. The number of amides is 2. The standard InChI is InChI=1S/C42H47N7O3S2/c1-28(2)52-41(3,4)35-27-53-39(44-35)46-37(50)32-14-9-23-48(32)22-8-13-30-11-6-7-12-31(30)25-34-36(42(5)18-19-42)45-40(54-34)47-38(51)33-15-10-24-49(33)26-29-16-20-43-21-17-29/h6-7,9-12,14-17,20-21,23-24,27-28H,8,13,18-19,22,25-26H2,1-5H3,(H,44,46,50)(H,45,47,51). The Morgan fingerprint density at radius 2 is 1.56 bits per heavy atom. The number of rotatable bonds is 16. The lowest BCUT2D eigenvalue weighted by Gasteiger charge is -2.25. The predicted octanol–water partition coefficient (Wildman–Crippen LogP) is 9.09. The third-order valence-corrected chi connectivity index (χ3v) is 11.6. The summed E-state index contributed by atoms with van der Waals surface area (Å²) < 4.78 is 9.99. The quantitative estimate of drug-likeness (QED) is 0.102. The van der Waals surface area contributed by atoms with Gasteiger partial charge in [-0.05, 0) is 106 Å². The molecule has 10 nitrogen and oxygen atoms in total. The van der Waals surface area contributed by atoms with Crippen LogP contribution in [0.4, 0.5) is 10.3 Å². The van der Waals surface area contributed by atoms with Gasteiger partial charge >= 0.3 is 0 Å². The van der Waals surface area contributed by atoms with E-state index in [1.54, 1.807) is 23.7 Å². The number of ether oxygens (including phenoxy) is 1. The third kappa shape index (κ3) is 8.72. The first-order chi connectivity index (χ1) is 26.0. The highest BCUT2D eigenvalue weighted by Crippen LogP contribution is 2.50. The Balaban J connectivity index is 0.997. The lowest BCUT2D eigenvalue weighted by Crippen LogP contribution is -2.26. The van der Waals surface area contributed by atoms with E-state index in [0.717, 1.165) is 49.1 Å². The van der Waals surface area contributed by atoms with Crippen LogP contribution in [0.2, 0.25) is 0 Å². The maximum Gasteiger partial charge on any atom is 0.274 e. The van der Waals surface area contributed by atoms with Crippen molar-refractivity contribution in [2.75, 3.05) is 10.6 Å². The highest BCUT2D eigenvalue weighted by Gasteiger charge is 2.43. The summed E-state index contributed by atoms with van der Waals surface area (Å²) in [7, 11) is 0. The van der Waals surface area contributed by atoms with Gasteiger partial charge in [-0.1, -0.05) is 31.2 Å². The van der Waals surface area contributed by atoms with Gasteiger partial charge in [-0.25, -0.2) is 9.97 Å². The van der Waals surface area contributed by atoms with E-state index >= 15 is 0 Å². The Kier molecular flexibility index (Phi) is 11.0. The van der Waals surface area contributed by atoms with Crippen LogP contribution in [0.25, 0.3) is 0 Å². The topological polar surface area (TPSA) is 116 Å². The molecule has 12 heteroatoms. The number of hydrogen-bond donors (Lipinski definition) is 2. The number of hydrogen-bond acceptors (Lipinski definition) is 8. The summed E-state index contributed by atoms with van der Waals surface area (Å²) in [4.78, 5) is 41.8. The lowest BCUT2D eigenvalue weighted by atomic mass is 9.96. The molecular weight excluding hydrogens is 715 g/mol. The monoisotopic (exact) mass is 761 g/mol. The first-order valence-corrected chi connectivity index (χ1v) is 20.2. The first kappa shape index (κ1) is 37.4. The van der Waals surface area contributed by atoms with Gasteiger partial charge in [-0.3, -0.25) is 25.2 Å². The minimum Gasteiger partial charge on any atom is -0.367 e. The molecule has 0 radical (unpaired) electrons. The van der Waals surface area contributed by atoms with Crippen molar-refractivity contribution < 1.29 is 14.3 Å². The summed E-state index contributed by atoms with van der Waals surface area (Å²) in [5, 5.41) is 9.23. The van der Waals surface area contributed by atoms with Crippen molar-refractivity contribution in [3.63, 3.8) is 0 Å². The van der Waals surface area contributed by atoms with Gasteiger partial charge in [0.1, 0.15) is 17.0 Å². The summed E-state index contributed by atoms with van der Waals surface area (Å²) in [5.74, 6) is -0.350. The maximum absolute atomic E-state index is 13.5. The second kappa shape index (κ2) is 15.8. The van der Waals surface area contributed by atoms with Crippen molar-refractivity contribution in [3.05, 3.63) is 135 Å². The summed E-state index contributed by atoms with van der Waals surface area (Å²) in [6.07, 6.45) is 12.1. The van der Waals surface area contributed by atoms with Gasteiger partial charge in [0.15, 0.2) is 10.3 Å². The van der Waals surface area contributed by atoms with Gasteiger partial charge in [0.05, 0.1) is 17.5 Å². The van der Waals surface area contributed by atoms with E-state index in [0.29, 0.717) is 34.7 Å². The molecule has 0 spiro atoms. The highest BCUT2D eigenvalue weighted by atomic mass is 32.1. The van der Waals surface area contributed by atoms with Gasteiger partial charge in [-0.2, -0.15) is 0 Å². The van der Waals surface area contributed by atoms with E-state index in [9.17, 15) is 9.59 Å². The van der Waals surface area contributed by atoms with Gasteiger partial charge in [0.25, 0.3) is 11.8 Å². The molecule has 1 aliphatic rings. The first-order valence-electron chi connectivity index (χ1n) is 18.5. The summed E-state index contributed by atoms with van der Waals surface area (Å²) in [5.41, 5.74) is 6.18. The molecule has 6 aromatic rings. The number of benzene rings is 1. The van der Waals surface area contributed by atoms with Crippen molar-refractivity contribution in [2.24, 2.45) is 0 Å². The normalized spacial score (nSPS) is 13.7. The summed E-state index contributed by atoms with van der Waals surface area (Å²) >= 11 is 2.98. The molecule has 5 heterocycles. The van der Waals surface area contributed by atoms with Gasteiger partial charge in [0, 0.05) is 60.0 Å². The Morgan fingerprint density at radius 3 is 2.26 bits per heavy atom. The number of aromatic nitrogens is 5. The molecule has 2 amide bonds. The summed E-state index contributed by atoms with van der Waals surface area (Å²) in [6, 6.07) is 20.0. The van der Waals surface area contributed by atoms with Crippen LogP contribution in [0.15, 0.2) is 90.8 Å². The zero-order valence-electron chi connectivity index (χ0n) is 31.5. The van der Waals surface area contributed by atoms with E-state index in [2.05, 4.69) is 51.8 Å².